The van der Waals surface area contributed by atoms with Crippen LogP contribution in [0.25, 0.3) is 10.2 Å². The highest BCUT2D eigenvalue weighted by molar-refractivity contribution is 7.18. The van der Waals surface area contributed by atoms with Crippen LogP contribution < -0.4 is 10.9 Å². The van der Waals surface area contributed by atoms with Crippen molar-refractivity contribution in [3.8, 4) is 0 Å². The summed E-state index contributed by atoms with van der Waals surface area (Å²) in [4.78, 5) is 44.2. The third-order valence-corrected chi connectivity index (χ3v) is 6.45. The number of aromatic nitrogens is 2. The highest BCUT2D eigenvalue weighted by atomic mass is 32.1. The molecule has 30 heavy (non-hydrogen) atoms. The molecule has 7 nitrogen and oxygen atoms in total. The zero-order chi connectivity index (χ0) is 21.3. The lowest BCUT2D eigenvalue weighted by Gasteiger charge is -2.17. The van der Waals surface area contributed by atoms with Crippen molar-refractivity contribution in [3.63, 3.8) is 0 Å². The SMILES string of the molecule is CCOC(=O)c1ccccc1NC(=O)Cn1cnc2sc3c(c2c1=O)CCC(C)C3. The van der Waals surface area contributed by atoms with Crippen LogP contribution in [-0.2, 0) is 28.9 Å². The van der Waals surface area contributed by atoms with Gasteiger partial charge in [0.1, 0.15) is 11.4 Å². The van der Waals surface area contributed by atoms with Crippen LogP contribution in [0.15, 0.2) is 35.4 Å². The van der Waals surface area contributed by atoms with Crippen LogP contribution in [0.2, 0.25) is 0 Å². The second kappa shape index (κ2) is 8.39. The Balaban J connectivity index is 1.58. The average Bonchev–Trinajstić information content (AvgIpc) is 3.09. The fourth-order valence-electron chi connectivity index (χ4n) is 3.80. The van der Waals surface area contributed by atoms with Gasteiger partial charge in [-0.15, -0.1) is 11.3 Å². The van der Waals surface area contributed by atoms with Gasteiger partial charge < -0.3 is 10.1 Å². The molecule has 0 radical (unpaired) electrons. The molecule has 1 aromatic carbocycles. The summed E-state index contributed by atoms with van der Waals surface area (Å²) in [5.74, 6) is -0.307. The molecular formula is C22H23N3O4S. The molecule has 0 bridgehead atoms. The summed E-state index contributed by atoms with van der Waals surface area (Å²) < 4.78 is 6.36. The molecule has 1 atom stereocenters. The van der Waals surface area contributed by atoms with E-state index >= 15 is 0 Å². The van der Waals surface area contributed by atoms with Gasteiger partial charge in [0, 0.05) is 4.88 Å². The maximum atomic E-state index is 13.1. The van der Waals surface area contributed by atoms with E-state index in [1.54, 1.807) is 42.5 Å². The van der Waals surface area contributed by atoms with Crippen LogP contribution in [0.4, 0.5) is 5.69 Å². The molecule has 1 unspecified atom stereocenters. The summed E-state index contributed by atoms with van der Waals surface area (Å²) >= 11 is 1.58. The van der Waals surface area contributed by atoms with Gasteiger partial charge in [0.05, 0.1) is 29.6 Å². The second-order valence-electron chi connectivity index (χ2n) is 7.52. The third kappa shape index (κ3) is 3.87. The van der Waals surface area contributed by atoms with Gasteiger partial charge in [-0.25, -0.2) is 9.78 Å². The quantitative estimate of drug-likeness (QED) is 0.633. The van der Waals surface area contributed by atoms with E-state index in [-0.39, 0.29) is 24.3 Å². The maximum Gasteiger partial charge on any atom is 0.340 e. The Bertz CT molecular complexity index is 1180. The summed E-state index contributed by atoms with van der Waals surface area (Å²) in [7, 11) is 0. The number of hydrogen-bond donors (Lipinski definition) is 1. The molecule has 8 heteroatoms. The Kier molecular flexibility index (Phi) is 5.67. The first-order valence-electron chi connectivity index (χ1n) is 10.0. The van der Waals surface area contributed by atoms with E-state index in [1.165, 1.54) is 15.8 Å². The number of fused-ring (bicyclic) bond motifs is 3. The molecule has 1 amide bonds. The molecule has 1 N–H and O–H groups in total. The van der Waals surface area contributed by atoms with Crippen LogP contribution in [0, 0.1) is 5.92 Å². The van der Waals surface area contributed by atoms with E-state index in [0.29, 0.717) is 17.0 Å². The number of nitrogens with zero attached hydrogens (tertiary/aromatic N) is 2. The van der Waals surface area contributed by atoms with Gasteiger partial charge in [0.2, 0.25) is 5.91 Å². The molecular weight excluding hydrogens is 402 g/mol. The monoisotopic (exact) mass is 425 g/mol. The molecule has 0 aliphatic heterocycles. The van der Waals surface area contributed by atoms with Crippen LogP contribution in [0.3, 0.4) is 0 Å². The Morgan fingerprint density at radius 3 is 2.93 bits per heavy atom. The number of ether oxygens (including phenoxy) is 1. The van der Waals surface area contributed by atoms with E-state index in [1.807, 2.05) is 0 Å². The molecule has 3 aromatic rings. The maximum absolute atomic E-state index is 13.1. The molecule has 1 aliphatic rings. The first-order valence-corrected chi connectivity index (χ1v) is 10.8. The number of hydrogen-bond acceptors (Lipinski definition) is 6. The van der Waals surface area contributed by atoms with E-state index in [4.69, 9.17) is 4.74 Å². The van der Waals surface area contributed by atoms with Crippen molar-refractivity contribution in [2.24, 2.45) is 5.92 Å². The fourth-order valence-corrected chi connectivity index (χ4v) is 5.14. The summed E-state index contributed by atoms with van der Waals surface area (Å²) in [5, 5.41) is 3.35. The van der Waals surface area contributed by atoms with Crippen molar-refractivity contribution in [1.29, 1.82) is 0 Å². The number of rotatable bonds is 5. The van der Waals surface area contributed by atoms with Crippen molar-refractivity contribution in [3.05, 3.63) is 57.0 Å². The molecule has 156 valence electrons. The van der Waals surface area contributed by atoms with E-state index in [2.05, 4.69) is 17.2 Å². The molecule has 4 rings (SSSR count). The number of benzene rings is 1. The summed E-state index contributed by atoms with van der Waals surface area (Å²) in [5.41, 5.74) is 1.52. The van der Waals surface area contributed by atoms with Crippen molar-refractivity contribution >= 4 is 39.1 Å². The van der Waals surface area contributed by atoms with Crippen LogP contribution in [-0.4, -0.2) is 28.0 Å². The topological polar surface area (TPSA) is 90.3 Å². The highest BCUT2D eigenvalue weighted by Gasteiger charge is 2.23. The zero-order valence-corrected chi connectivity index (χ0v) is 17.8. The number of nitrogens with one attached hydrogen (secondary N) is 1. The number of para-hydroxylation sites is 1. The standard InChI is InChI=1S/C22H23N3O4S/c1-3-29-22(28)14-6-4-5-7-16(14)24-18(26)11-25-12-23-20-19(21(25)27)15-9-8-13(2)10-17(15)30-20/h4-7,12-13H,3,8-11H2,1-2H3,(H,24,26). The largest absolute Gasteiger partial charge is 0.462 e. The predicted octanol–water partition coefficient (Wildman–Crippen LogP) is 3.40. The average molecular weight is 426 g/mol. The molecule has 0 saturated carbocycles. The van der Waals surface area contributed by atoms with Crippen LogP contribution in [0.1, 0.15) is 41.1 Å². The van der Waals surface area contributed by atoms with E-state index in [0.717, 1.165) is 29.7 Å². The highest BCUT2D eigenvalue weighted by Crippen LogP contribution is 2.35. The minimum absolute atomic E-state index is 0.181. The van der Waals surface area contributed by atoms with Gasteiger partial charge in [0.15, 0.2) is 0 Å². The number of carbonyl (C=O) groups is 2. The molecule has 0 fully saturated rings. The molecule has 0 spiro atoms. The summed E-state index contributed by atoms with van der Waals surface area (Å²) in [6.07, 6.45) is 4.32. The lowest BCUT2D eigenvalue weighted by atomic mass is 9.89. The van der Waals surface area contributed by atoms with Crippen molar-refractivity contribution in [2.75, 3.05) is 11.9 Å². The van der Waals surface area contributed by atoms with E-state index in [9.17, 15) is 14.4 Å². The second-order valence-corrected chi connectivity index (χ2v) is 8.61. The first kappa shape index (κ1) is 20.3. The summed E-state index contributed by atoms with van der Waals surface area (Å²) in [6.45, 7) is 4.00. The fraction of sp³-hybridized carbons (Fsp3) is 0.364. The Labute approximate surface area is 177 Å². The Morgan fingerprint density at radius 1 is 1.33 bits per heavy atom. The summed E-state index contributed by atoms with van der Waals surface area (Å²) in [6, 6.07) is 6.64. The smallest absolute Gasteiger partial charge is 0.340 e. The van der Waals surface area contributed by atoms with Gasteiger partial charge in [-0.1, -0.05) is 19.1 Å². The Morgan fingerprint density at radius 2 is 2.13 bits per heavy atom. The number of carbonyl (C=O) groups excluding carboxylic acids is 2. The van der Waals surface area contributed by atoms with Crippen LogP contribution in [0.5, 0.6) is 0 Å². The van der Waals surface area contributed by atoms with Crippen molar-refractivity contribution < 1.29 is 14.3 Å². The number of thiophene rings is 1. The molecule has 0 saturated heterocycles. The number of amides is 1. The van der Waals surface area contributed by atoms with Crippen molar-refractivity contribution in [1.82, 2.24) is 9.55 Å². The molecule has 2 aromatic heterocycles. The van der Waals surface area contributed by atoms with Gasteiger partial charge in [0.25, 0.3) is 5.56 Å². The van der Waals surface area contributed by atoms with E-state index < -0.39 is 11.9 Å². The molecule has 2 heterocycles. The normalized spacial score (nSPS) is 15.6. The number of aryl methyl sites for hydroxylation is 1. The Hall–Kier alpha value is -3.00. The lowest BCUT2D eigenvalue weighted by Crippen LogP contribution is -2.28. The minimum Gasteiger partial charge on any atom is -0.462 e. The minimum atomic E-state index is -0.507. The zero-order valence-electron chi connectivity index (χ0n) is 16.9. The first-order chi connectivity index (χ1) is 14.5. The van der Waals surface area contributed by atoms with Gasteiger partial charge in [-0.2, -0.15) is 0 Å². The van der Waals surface area contributed by atoms with Crippen LogP contribution >= 0.6 is 11.3 Å². The molecule has 1 aliphatic carbocycles. The predicted molar refractivity (Wildman–Crippen MR) is 116 cm³/mol. The van der Waals surface area contributed by atoms with Gasteiger partial charge in [-0.05, 0) is 49.8 Å². The number of anilines is 1. The number of esters is 1. The van der Waals surface area contributed by atoms with Gasteiger partial charge in [-0.3, -0.25) is 14.2 Å². The lowest BCUT2D eigenvalue weighted by molar-refractivity contribution is -0.116. The van der Waals surface area contributed by atoms with Gasteiger partial charge >= 0.3 is 5.97 Å². The third-order valence-electron chi connectivity index (χ3n) is 5.29. The van der Waals surface area contributed by atoms with Crippen molar-refractivity contribution in [2.45, 2.75) is 39.7 Å².